The average molecular weight is 158 g/mol. The van der Waals surface area contributed by atoms with Crippen molar-refractivity contribution in [3.8, 4) is 0 Å². The Morgan fingerprint density at radius 1 is 1.73 bits per heavy atom. The zero-order valence-corrected chi connectivity index (χ0v) is 7.22. The molecule has 11 heavy (non-hydrogen) atoms. The highest BCUT2D eigenvalue weighted by atomic mass is 16.7. The summed E-state index contributed by atoms with van der Waals surface area (Å²) in [4.78, 5) is 0. The van der Waals surface area contributed by atoms with Crippen molar-refractivity contribution in [3.63, 3.8) is 0 Å². The Bertz CT molecular complexity index is 138. The van der Waals surface area contributed by atoms with E-state index in [2.05, 4.69) is 11.3 Å². The summed E-state index contributed by atoms with van der Waals surface area (Å²) in [6, 6.07) is 0. The van der Waals surface area contributed by atoms with Gasteiger partial charge >= 0.3 is 0 Å². The van der Waals surface area contributed by atoms with Crippen LogP contribution in [0.15, 0.2) is 12.2 Å². The molecule has 0 heterocycles. The van der Waals surface area contributed by atoms with Gasteiger partial charge in [0, 0.05) is 6.42 Å². The minimum atomic E-state index is -1.62. The van der Waals surface area contributed by atoms with E-state index in [1.165, 1.54) is 13.8 Å². The molecule has 0 aromatic heterocycles. The van der Waals surface area contributed by atoms with Crippen LogP contribution in [0.2, 0.25) is 0 Å². The molecule has 0 bridgehead atoms. The van der Waals surface area contributed by atoms with Gasteiger partial charge in [0.1, 0.15) is 0 Å². The van der Waals surface area contributed by atoms with Crippen molar-refractivity contribution in [2.24, 2.45) is 0 Å². The minimum absolute atomic E-state index is 0.180. The molecule has 0 aliphatic carbocycles. The van der Waals surface area contributed by atoms with Crippen molar-refractivity contribution in [2.75, 3.05) is 0 Å². The van der Waals surface area contributed by atoms with Gasteiger partial charge in [0.25, 0.3) is 0 Å². The molecule has 0 aliphatic heterocycles. The van der Waals surface area contributed by atoms with Gasteiger partial charge in [-0.1, -0.05) is 12.2 Å². The first-order valence-corrected chi connectivity index (χ1v) is 3.52. The fourth-order valence-corrected chi connectivity index (χ4v) is 0.941. The van der Waals surface area contributed by atoms with Crippen LogP contribution >= 0.6 is 0 Å². The van der Waals surface area contributed by atoms with E-state index in [0.29, 0.717) is 0 Å². The quantitative estimate of drug-likeness (QED) is 0.455. The predicted molar refractivity (Wildman–Crippen MR) is 39.8 cm³/mol. The first-order chi connectivity index (χ1) is 4.83. The lowest BCUT2D eigenvalue weighted by Crippen LogP contribution is -2.30. The molecular weight excluding hydrogens is 144 g/mol. The number of hydrogen-bond donors (Lipinski definition) is 0. The lowest BCUT2D eigenvalue weighted by molar-refractivity contribution is -0.301. The van der Waals surface area contributed by atoms with Gasteiger partial charge in [-0.05, 0) is 20.8 Å². The van der Waals surface area contributed by atoms with E-state index in [1.807, 2.05) is 0 Å². The van der Waals surface area contributed by atoms with Crippen LogP contribution in [0.1, 0.15) is 27.2 Å². The van der Waals surface area contributed by atoms with Crippen molar-refractivity contribution in [1.29, 1.82) is 0 Å². The van der Waals surface area contributed by atoms with Crippen molar-refractivity contribution in [2.45, 2.75) is 39.3 Å². The van der Waals surface area contributed by atoms with E-state index >= 15 is 0 Å². The third-order valence-corrected chi connectivity index (χ3v) is 1.04. The van der Waals surface area contributed by atoms with Crippen molar-refractivity contribution in [1.82, 2.24) is 0 Å². The second-order valence-electron chi connectivity index (χ2n) is 2.95. The summed E-state index contributed by atoms with van der Waals surface area (Å²) in [7, 11) is 0. The molecule has 0 saturated heterocycles. The Labute approximate surface area is 67.3 Å². The van der Waals surface area contributed by atoms with Gasteiger partial charge in [0.05, 0.1) is 0 Å². The van der Waals surface area contributed by atoms with E-state index in [0.717, 1.165) is 5.57 Å². The molecule has 0 aromatic carbocycles. The van der Waals surface area contributed by atoms with Crippen molar-refractivity contribution in [3.05, 3.63) is 12.2 Å². The molecule has 2 atom stereocenters. The molecule has 0 spiro atoms. The summed E-state index contributed by atoms with van der Waals surface area (Å²) in [5.74, 6) is -1.62. The molecule has 2 radical (unpaired) electrons. The monoisotopic (exact) mass is 158 g/mol. The Morgan fingerprint density at radius 3 is 2.45 bits per heavy atom. The normalized spacial score (nSPS) is 19.0. The molecular formula is C8H14O3. The Hall–Kier alpha value is -0.380. The lowest BCUT2D eigenvalue weighted by Gasteiger charge is -2.21. The van der Waals surface area contributed by atoms with Crippen molar-refractivity contribution >= 4 is 0 Å². The summed E-state index contributed by atoms with van der Waals surface area (Å²) >= 11 is 0. The lowest BCUT2D eigenvalue weighted by atomic mass is 10.1. The van der Waals surface area contributed by atoms with Gasteiger partial charge in [-0.25, -0.2) is 5.11 Å². The van der Waals surface area contributed by atoms with E-state index < -0.39 is 12.1 Å². The van der Waals surface area contributed by atoms with E-state index in [9.17, 15) is 10.2 Å². The topological polar surface area (TPSA) is 49.0 Å². The maximum absolute atomic E-state index is 11.2. The zero-order chi connectivity index (χ0) is 9.07. The third kappa shape index (κ3) is 6.04. The number of hydrogen-bond acceptors (Lipinski definition) is 1. The first-order valence-electron chi connectivity index (χ1n) is 3.52. The maximum atomic E-state index is 11.2. The SMILES string of the molecule is C=C(C)CC(C)([O])OC(C)[O]. The largest absolute Gasteiger partial charge is 0.315 e. The Kier molecular flexibility index (Phi) is 3.72. The van der Waals surface area contributed by atoms with E-state index in [1.54, 1.807) is 6.92 Å². The van der Waals surface area contributed by atoms with Gasteiger partial charge in [0.2, 0.25) is 5.79 Å². The van der Waals surface area contributed by atoms with E-state index in [-0.39, 0.29) is 6.42 Å². The fourth-order valence-electron chi connectivity index (χ4n) is 0.941. The summed E-state index contributed by atoms with van der Waals surface area (Å²) in [6.45, 7) is 7.94. The first kappa shape index (κ1) is 10.6. The van der Waals surface area contributed by atoms with Crippen LogP contribution in [0.3, 0.4) is 0 Å². The average Bonchev–Trinajstić information content (AvgIpc) is 1.53. The number of rotatable bonds is 4. The van der Waals surface area contributed by atoms with Gasteiger partial charge in [-0.2, -0.15) is 5.11 Å². The van der Waals surface area contributed by atoms with Gasteiger partial charge < -0.3 is 4.74 Å². The second-order valence-corrected chi connectivity index (χ2v) is 2.95. The molecule has 0 aromatic rings. The zero-order valence-electron chi connectivity index (χ0n) is 7.22. The molecule has 0 amide bonds. The highest BCUT2D eigenvalue weighted by molar-refractivity contribution is 4.92. The van der Waals surface area contributed by atoms with Gasteiger partial charge in [0.15, 0.2) is 6.29 Å². The Balaban J connectivity index is 3.89. The van der Waals surface area contributed by atoms with Crippen LogP contribution in [-0.2, 0) is 14.9 Å². The summed E-state index contributed by atoms with van der Waals surface area (Å²) in [6.07, 6.45) is -1.09. The molecule has 2 unspecified atom stereocenters. The smallest absolute Gasteiger partial charge is 0.205 e. The van der Waals surface area contributed by atoms with Crippen LogP contribution in [0, 0.1) is 0 Å². The standard InChI is InChI=1S/C8H14O3/c1-6(2)5-8(4,10)11-7(3)9/h7H,1,5H2,2-4H3. The highest BCUT2D eigenvalue weighted by Crippen LogP contribution is 2.18. The summed E-state index contributed by atoms with van der Waals surface area (Å²) in [5, 5.41) is 21.7. The number of ether oxygens (including phenoxy) is 1. The predicted octanol–water partition coefficient (Wildman–Crippen LogP) is 1.89. The van der Waals surface area contributed by atoms with Gasteiger partial charge in [-0.15, -0.1) is 0 Å². The molecule has 0 fully saturated rings. The van der Waals surface area contributed by atoms with Crippen LogP contribution in [0.25, 0.3) is 0 Å². The molecule has 0 saturated carbocycles. The summed E-state index contributed by atoms with van der Waals surface area (Å²) in [5.41, 5.74) is 0.725. The molecule has 64 valence electrons. The molecule has 0 aliphatic rings. The third-order valence-electron chi connectivity index (χ3n) is 1.04. The van der Waals surface area contributed by atoms with Crippen LogP contribution < -0.4 is 0 Å². The van der Waals surface area contributed by atoms with Gasteiger partial charge in [-0.3, -0.25) is 0 Å². The molecule has 3 heteroatoms. The minimum Gasteiger partial charge on any atom is -0.315 e. The molecule has 3 nitrogen and oxygen atoms in total. The van der Waals surface area contributed by atoms with Crippen molar-refractivity contribution < 1.29 is 14.9 Å². The van der Waals surface area contributed by atoms with Crippen LogP contribution in [0.4, 0.5) is 0 Å². The highest BCUT2D eigenvalue weighted by Gasteiger charge is 2.25. The molecule has 0 rings (SSSR count). The second kappa shape index (κ2) is 3.85. The fraction of sp³-hybridized carbons (Fsp3) is 0.750. The summed E-state index contributed by atoms with van der Waals surface area (Å²) < 4.78 is 4.58. The van der Waals surface area contributed by atoms with E-state index in [4.69, 9.17) is 0 Å². The maximum Gasteiger partial charge on any atom is 0.205 e. The van der Waals surface area contributed by atoms with Crippen LogP contribution in [0.5, 0.6) is 0 Å². The van der Waals surface area contributed by atoms with Crippen LogP contribution in [-0.4, -0.2) is 12.1 Å². The Morgan fingerprint density at radius 2 is 2.18 bits per heavy atom. The molecule has 0 N–H and O–H groups in total.